The van der Waals surface area contributed by atoms with Crippen LogP contribution >= 0.6 is 0 Å². The minimum atomic E-state index is -0.552. The van der Waals surface area contributed by atoms with E-state index in [1.165, 1.54) is 0 Å². The van der Waals surface area contributed by atoms with Gasteiger partial charge in [0.05, 0.1) is 35.0 Å². The second kappa shape index (κ2) is 12.9. The molecule has 0 bridgehead atoms. The number of carbonyl (C=O) groups is 2. The highest BCUT2D eigenvalue weighted by molar-refractivity contribution is 5.82. The number of carbonyl (C=O) groups excluding carboxylic acids is 2. The first-order valence-electron chi connectivity index (χ1n) is 17.3. The number of hydrogen-bond donors (Lipinski definition) is 2. The van der Waals surface area contributed by atoms with Crippen molar-refractivity contribution in [2.45, 2.75) is 90.5 Å². The van der Waals surface area contributed by atoms with E-state index in [2.05, 4.69) is 24.9 Å². The molecule has 0 spiro atoms. The number of likely N-dealkylation sites (tertiary alicyclic amines) is 2. The first kappa shape index (κ1) is 33.2. The van der Waals surface area contributed by atoms with Gasteiger partial charge >= 0.3 is 12.2 Å². The SMILES string of the molecule is CC(C)(C)OC(=O)N1CCC[C@H]1c1ncc(-c2ccc(-c3ncc(-c4ccc5[nH]c([C@@H]6CCCN6C(=O)OC(C)(C)C)nc5c4)cn3)cc2)[nH]1. The molecular formula is C38H44N8O4. The molecule has 12 nitrogen and oxygen atoms in total. The summed E-state index contributed by atoms with van der Waals surface area (Å²) >= 11 is 0. The van der Waals surface area contributed by atoms with Gasteiger partial charge < -0.3 is 19.4 Å². The van der Waals surface area contributed by atoms with Crippen molar-refractivity contribution in [2.75, 3.05) is 13.1 Å². The number of benzene rings is 2. The first-order chi connectivity index (χ1) is 23.8. The van der Waals surface area contributed by atoms with Gasteiger partial charge in [-0.15, -0.1) is 0 Å². The summed E-state index contributed by atoms with van der Waals surface area (Å²) in [5.74, 6) is 2.15. The van der Waals surface area contributed by atoms with Crippen LogP contribution in [0.3, 0.4) is 0 Å². The number of nitrogens with one attached hydrogen (secondary N) is 2. The van der Waals surface area contributed by atoms with Gasteiger partial charge in [-0.3, -0.25) is 9.80 Å². The van der Waals surface area contributed by atoms with Crippen LogP contribution in [0.1, 0.15) is 91.0 Å². The van der Waals surface area contributed by atoms with Crippen LogP contribution in [0, 0.1) is 0 Å². The molecule has 7 rings (SSSR count). The van der Waals surface area contributed by atoms with Gasteiger partial charge in [0.1, 0.15) is 22.9 Å². The highest BCUT2D eigenvalue weighted by Crippen LogP contribution is 2.35. The van der Waals surface area contributed by atoms with E-state index in [9.17, 15) is 9.59 Å². The molecule has 260 valence electrons. The second-order valence-electron chi connectivity index (χ2n) is 15.1. The van der Waals surface area contributed by atoms with Crippen LogP contribution in [0.2, 0.25) is 0 Å². The average Bonchev–Trinajstić information content (AvgIpc) is 3.88. The molecule has 2 N–H and O–H groups in total. The minimum Gasteiger partial charge on any atom is -0.444 e. The number of aromatic amines is 2. The molecule has 3 aromatic heterocycles. The molecule has 0 saturated carbocycles. The maximum atomic E-state index is 12.8. The zero-order valence-corrected chi connectivity index (χ0v) is 29.5. The smallest absolute Gasteiger partial charge is 0.410 e. The van der Waals surface area contributed by atoms with Crippen LogP contribution in [0.4, 0.5) is 9.59 Å². The standard InChI is InChI=1S/C38H44N8O4/c1-37(2,3)49-35(47)45-17-7-9-30(45)33-41-22-29(44-33)23-11-13-24(14-12-23)32-39-20-26(21-40-32)25-15-16-27-28(19-25)43-34(42-27)31-10-8-18-46(31)36(48)50-38(4,5)6/h11-16,19-22,30-31H,7-10,17-18H2,1-6H3,(H,41,44)(H,42,43)/t30-,31-/m0/s1. The molecule has 2 amide bonds. The van der Waals surface area contributed by atoms with Crippen LogP contribution in [0.5, 0.6) is 0 Å². The Morgan fingerprint density at radius 2 is 1.24 bits per heavy atom. The van der Waals surface area contributed by atoms with Crippen molar-refractivity contribution in [3.8, 4) is 33.8 Å². The number of amides is 2. The van der Waals surface area contributed by atoms with Crippen molar-refractivity contribution in [3.05, 3.63) is 72.7 Å². The lowest BCUT2D eigenvalue weighted by Crippen LogP contribution is -2.36. The Bertz CT molecular complexity index is 2000. The molecule has 2 aromatic carbocycles. The first-order valence-corrected chi connectivity index (χ1v) is 17.3. The summed E-state index contributed by atoms with van der Waals surface area (Å²) in [5.41, 5.74) is 5.21. The summed E-state index contributed by atoms with van der Waals surface area (Å²) in [7, 11) is 0. The molecule has 0 aliphatic carbocycles. The molecule has 2 saturated heterocycles. The molecule has 2 fully saturated rings. The summed E-state index contributed by atoms with van der Waals surface area (Å²) in [6.45, 7) is 12.6. The Kier molecular flexibility index (Phi) is 8.57. The third kappa shape index (κ3) is 7.05. The molecule has 5 heterocycles. The summed E-state index contributed by atoms with van der Waals surface area (Å²) < 4.78 is 11.3. The van der Waals surface area contributed by atoms with Gasteiger partial charge in [0, 0.05) is 36.6 Å². The van der Waals surface area contributed by atoms with Crippen molar-refractivity contribution in [3.63, 3.8) is 0 Å². The van der Waals surface area contributed by atoms with Crippen LogP contribution < -0.4 is 0 Å². The van der Waals surface area contributed by atoms with E-state index < -0.39 is 11.2 Å². The number of fused-ring (bicyclic) bond motifs is 1. The maximum absolute atomic E-state index is 12.8. The number of rotatable bonds is 5. The Morgan fingerprint density at radius 1 is 0.680 bits per heavy atom. The van der Waals surface area contributed by atoms with Crippen molar-refractivity contribution in [1.29, 1.82) is 0 Å². The van der Waals surface area contributed by atoms with E-state index in [-0.39, 0.29) is 24.3 Å². The third-order valence-corrected chi connectivity index (χ3v) is 8.93. The van der Waals surface area contributed by atoms with Crippen molar-refractivity contribution in [1.82, 2.24) is 39.7 Å². The largest absolute Gasteiger partial charge is 0.444 e. The number of imidazole rings is 2. The molecule has 12 heteroatoms. The summed E-state index contributed by atoms with van der Waals surface area (Å²) in [6, 6.07) is 13.8. The summed E-state index contributed by atoms with van der Waals surface area (Å²) in [4.78, 5) is 54.9. The number of hydrogen-bond acceptors (Lipinski definition) is 8. The van der Waals surface area contributed by atoms with Gasteiger partial charge in [0.2, 0.25) is 0 Å². The lowest BCUT2D eigenvalue weighted by atomic mass is 10.1. The van der Waals surface area contributed by atoms with Crippen LogP contribution in [0.25, 0.3) is 44.8 Å². The lowest BCUT2D eigenvalue weighted by molar-refractivity contribution is 0.0208. The molecule has 2 aliphatic rings. The zero-order chi connectivity index (χ0) is 35.2. The van der Waals surface area contributed by atoms with Gasteiger partial charge in [0.15, 0.2) is 5.82 Å². The molecule has 50 heavy (non-hydrogen) atoms. The number of aromatic nitrogens is 6. The van der Waals surface area contributed by atoms with Crippen LogP contribution in [0.15, 0.2) is 61.1 Å². The summed E-state index contributed by atoms with van der Waals surface area (Å²) in [5, 5.41) is 0. The second-order valence-corrected chi connectivity index (χ2v) is 15.1. The Labute approximate surface area is 291 Å². The van der Waals surface area contributed by atoms with Gasteiger partial charge in [-0.2, -0.15) is 0 Å². The van der Waals surface area contributed by atoms with E-state index in [0.717, 1.165) is 76.3 Å². The highest BCUT2D eigenvalue weighted by atomic mass is 16.6. The normalized spacial score (nSPS) is 18.2. The third-order valence-electron chi connectivity index (χ3n) is 8.93. The zero-order valence-electron chi connectivity index (χ0n) is 29.5. The lowest BCUT2D eigenvalue weighted by Gasteiger charge is -2.27. The topological polar surface area (TPSA) is 142 Å². The van der Waals surface area contributed by atoms with Gasteiger partial charge in [-0.25, -0.2) is 29.5 Å². The Morgan fingerprint density at radius 3 is 1.84 bits per heavy atom. The highest BCUT2D eigenvalue weighted by Gasteiger charge is 2.36. The van der Waals surface area contributed by atoms with E-state index in [4.69, 9.17) is 14.5 Å². The fraction of sp³-hybridized carbons (Fsp3) is 0.421. The number of ether oxygens (including phenoxy) is 2. The van der Waals surface area contributed by atoms with Crippen molar-refractivity contribution in [2.24, 2.45) is 0 Å². The molecule has 2 atom stereocenters. The van der Waals surface area contributed by atoms with E-state index >= 15 is 0 Å². The fourth-order valence-corrected chi connectivity index (χ4v) is 6.62. The quantitative estimate of drug-likeness (QED) is 0.190. The molecule has 2 aliphatic heterocycles. The Hall–Kier alpha value is -5.26. The van der Waals surface area contributed by atoms with Gasteiger partial charge in [0.25, 0.3) is 0 Å². The van der Waals surface area contributed by atoms with Gasteiger partial charge in [-0.1, -0.05) is 30.3 Å². The predicted molar refractivity (Wildman–Crippen MR) is 190 cm³/mol. The number of nitrogens with zero attached hydrogens (tertiary/aromatic N) is 6. The fourth-order valence-electron chi connectivity index (χ4n) is 6.62. The molecule has 5 aromatic rings. The molecule has 0 unspecified atom stereocenters. The molecule has 0 radical (unpaired) electrons. The summed E-state index contributed by atoms with van der Waals surface area (Å²) in [6.07, 6.45) is 8.32. The van der Waals surface area contributed by atoms with Crippen molar-refractivity contribution < 1.29 is 19.1 Å². The Balaban J connectivity index is 1.03. The van der Waals surface area contributed by atoms with Crippen molar-refractivity contribution >= 4 is 23.2 Å². The maximum Gasteiger partial charge on any atom is 0.410 e. The van der Waals surface area contributed by atoms with E-state index in [1.807, 2.05) is 103 Å². The minimum absolute atomic E-state index is 0.137. The number of H-pyrrole nitrogens is 2. The molecular weight excluding hydrogens is 632 g/mol. The van der Waals surface area contributed by atoms with Gasteiger partial charge in [-0.05, 0) is 90.5 Å². The monoisotopic (exact) mass is 676 g/mol. The van der Waals surface area contributed by atoms with E-state index in [1.54, 1.807) is 9.80 Å². The van der Waals surface area contributed by atoms with Crippen LogP contribution in [-0.4, -0.2) is 76.2 Å². The van der Waals surface area contributed by atoms with Crippen LogP contribution in [-0.2, 0) is 9.47 Å². The average molecular weight is 677 g/mol. The van der Waals surface area contributed by atoms with E-state index in [0.29, 0.717) is 18.9 Å². The predicted octanol–water partition coefficient (Wildman–Crippen LogP) is 8.22.